The fourth-order valence-corrected chi connectivity index (χ4v) is 2.97. The van der Waals surface area contributed by atoms with E-state index in [1.807, 2.05) is 0 Å². The Balaban J connectivity index is 4.89. The molecular weight excluding hydrogens is 292 g/mol. The highest BCUT2D eigenvalue weighted by atomic mass is 16.5. The second-order valence-electron chi connectivity index (χ2n) is 7.34. The van der Waals surface area contributed by atoms with Gasteiger partial charge >= 0.3 is 11.9 Å². The van der Waals surface area contributed by atoms with Crippen LogP contribution in [-0.2, 0) is 19.1 Å². The first-order valence-corrected chi connectivity index (χ1v) is 8.97. The van der Waals surface area contributed by atoms with Gasteiger partial charge in [0, 0.05) is 0 Å². The summed E-state index contributed by atoms with van der Waals surface area (Å²) in [5, 5.41) is 0. The summed E-state index contributed by atoms with van der Waals surface area (Å²) in [7, 11) is 2.70. The molecule has 0 N–H and O–H groups in total. The minimum absolute atomic E-state index is 0.446. The van der Waals surface area contributed by atoms with Crippen molar-refractivity contribution >= 4 is 11.9 Å². The Kier molecular flexibility index (Phi) is 10.9. The molecule has 0 aromatic carbocycles. The minimum Gasteiger partial charge on any atom is -0.468 e. The van der Waals surface area contributed by atoms with E-state index < -0.39 is 17.4 Å². The smallest absolute Gasteiger partial charge is 0.323 e. The van der Waals surface area contributed by atoms with Crippen LogP contribution in [0, 0.1) is 17.3 Å². The van der Waals surface area contributed by atoms with Crippen molar-refractivity contribution in [3.63, 3.8) is 0 Å². The maximum Gasteiger partial charge on any atom is 0.323 e. The van der Waals surface area contributed by atoms with Gasteiger partial charge in [-0.3, -0.25) is 9.59 Å². The largest absolute Gasteiger partial charge is 0.468 e. The van der Waals surface area contributed by atoms with E-state index in [0.717, 1.165) is 38.5 Å². The summed E-state index contributed by atoms with van der Waals surface area (Å²) in [4.78, 5) is 24.7. The van der Waals surface area contributed by atoms with Crippen molar-refractivity contribution in [1.82, 2.24) is 0 Å². The van der Waals surface area contributed by atoms with Gasteiger partial charge in [0.15, 0.2) is 5.41 Å². The van der Waals surface area contributed by atoms with Gasteiger partial charge in [0.05, 0.1) is 14.2 Å². The molecule has 0 aromatic heterocycles. The van der Waals surface area contributed by atoms with E-state index in [0.29, 0.717) is 24.7 Å². The molecule has 4 nitrogen and oxygen atoms in total. The van der Waals surface area contributed by atoms with Gasteiger partial charge in [-0.1, -0.05) is 66.2 Å². The highest BCUT2D eigenvalue weighted by Crippen LogP contribution is 2.35. The fraction of sp³-hybridized carbons (Fsp3) is 0.895. The summed E-state index contributed by atoms with van der Waals surface area (Å²) in [6.07, 6.45) is 6.94. The number of hydrogen-bond donors (Lipinski definition) is 0. The average Bonchev–Trinajstić information content (AvgIpc) is 2.51. The van der Waals surface area contributed by atoms with Gasteiger partial charge in [-0.05, 0) is 24.7 Å². The standard InChI is InChI=1S/C19H36O4/c1-15(2)11-7-9-13-19(17(20)22-5,18(21)23-6)14-10-8-12-16(3)4/h15-16H,7-14H2,1-6H3. The van der Waals surface area contributed by atoms with E-state index in [-0.39, 0.29) is 0 Å². The Morgan fingerprint density at radius 3 is 1.35 bits per heavy atom. The first kappa shape index (κ1) is 21.9. The Hall–Kier alpha value is -1.06. The van der Waals surface area contributed by atoms with E-state index in [9.17, 15) is 9.59 Å². The number of rotatable bonds is 12. The molecule has 136 valence electrons. The van der Waals surface area contributed by atoms with E-state index in [1.54, 1.807) is 0 Å². The molecule has 0 bridgehead atoms. The van der Waals surface area contributed by atoms with Gasteiger partial charge in [-0.2, -0.15) is 0 Å². The normalized spacial score (nSPS) is 11.8. The molecule has 0 atom stereocenters. The summed E-state index contributed by atoms with van der Waals surface area (Å²) in [6, 6.07) is 0. The Morgan fingerprint density at radius 2 is 1.09 bits per heavy atom. The van der Waals surface area contributed by atoms with Crippen molar-refractivity contribution in [1.29, 1.82) is 0 Å². The number of methoxy groups -OCH3 is 2. The Labute approximate surface area is 142 Å². The molecule has 0 amide bonds. The van der Waals surface area contributed by atoms with Gasteiger partial charge < -0.3 is 9.47 Å². The van der Waals surface area contributed by atoms with Crippen LogP contribution in [-0.4, -0.2) is 26.2 Å². The molecule has 0 aliphatic carbocycles. The topological polar surface area (TPSA) is 52.6 Å². The molecule has 0 fully saturated rings. The molecule has 0 aliphatic rings. The summed E-state index contributed by atoms with van der Waals surface area (Å²) in [5.74, 6) is 0.371. The van der Waals surface area contributed by atoms with Gasteiger partial charge in [0.2, 0.25) is 0 Å². The Bertz CT molecular complexity index is 313. The van der Waals surface area contributed by atoms with Crippen molar-refractivity contribution in [3.05, 3.63) is 0 Å². The van der Waals surface area contributed by atoms with E-state index in [4.69, 9.17) is 9.47 Å². The molecule has 0 unspecified atom stereocenters. The van der Waals surface area contributed by atoms with Crippen LogP contribution in [0.1, 0.15) is 79.1 Å². The van der Waals surface area contributed by atoms with Crippen LogP contribution in [0.15, 0.2) is 0 Å². The summed E-state index contributed by atoms with van der Waals surface area (Å²) in [6.45, 7) is 8.72. The predicted octanol–water partition coefficient (Wildman–Crippen LogP) is 4.75. The van der Waals surface area contributed by atoms with Crippen molar-refractivity contribution < 1.29 is 19.1 Å². The molecule has 0 rings (SSSR count). The molecule has 0 radical (unpaired) electrons. The molecule has 0 saturated heterocycles. The predicted molar refractivity (Wildman–Crippen MR) is 93.1 cm³/mol. The van der Waals surface area contributed by atoms with Gasteiger partial charge in [0.1, 0.15) is 0 Å². The van der Waals surface area contributed by atoms with Crippen molar-refractivity contribution in [2.75, 3.05) is 14.2 Å². The zero-order chi connectivity index (χ0) is 17.9. The van der Waals surface area contributed by atoms with Crippen LogP contribution >= 0.6 is 0 Å². The van der Waals surface area contributed by atoms with Crippen LogP contribution in [0.5, 0.6) is 0 Å². The second kappa shape index (κ2) is 11.5. The highest BCUT2D eigenvalue weighted by molar-refractivity contribution is 5.99. The molecule has 4 heteroatoms. The molecule has 0 aromatic rings. The lowest BCUT2D eigenvalue weighted by Crippen LogP contribution is -2.41. The van der Waals surface area contributed by atoms with Crippen molar-refractivity contribution in [2.24, 2.45) is 17.3 Å². The number of carbonyl (C=O) groups is 2. The third kappa shape index (κ3) is 7.85. The SMILES string of the molecule is COC(=O)C(CCCCC(C)C)(CCCCC(C)C)C(=O)OC. The first-order chi connectivity index (χ1) is 10.8. The summed E-state index contributed by atoms with van der Waals surface area (Å²) >= 11 is 0. The number of unbranched alkanes of at least 4 members (excludes halogenated alkanes) is 2. The molecular formula is C19H36O4. The van der Waals surface area contributed by atoms with Crippen molar-refractivity contribution in [3.8, 4) is 0 Å². The monoisotopic (exact) mass is 328 g/mol. The zero-order valence-corrected chi connectivity index (χ0v) is 15.9. The van der Waals surface area contributed by atoms with Crippen LogP contribution in [0.3, 0.4) is 0 Å². The first-order valence-electron chi connectivity index (χ1n) is 8.97. The van der Waals surface area contributed by atoms with Crippen LogP contribution < -0.4 is 0 Å². The summed E-state index contributed by atoms with van der Waals surface area (Å²) < 4.78 is 9.91. The minimum atomic E-state index is -1.13. The lowest BCUT2D eigenvalue weighted by atomic mass is 9.77. The third-order valence-corrected chi connectivity index (χ3v) is 4.42. The molecule has 0 spiro atoms. The van der Waals surface area contributed by atoms with E-state index in [1.165, 1.54) is 14.2 Å². The van der Waals surface area contributed by atoms with Crippen LogP contribution in [0.25, 0.3) is 0 Å². The lowest BCUT2D eigenvalue weighted by Gasteiger charge is -2.28. The molecule has 0 aliphatic heterocycles. The summed E-state index contributed by atoms with van der Waals surface area (Å²) in [5.41, 5.74) is -1.13. The molecule has 23 heavy (non-hydrogen) atoms. The molecule has 0 saturated carbocycles. The maximum absolute atomic E-state index is 12.4. The molecule has 0 heterocycles. The van der Waals surface area contributed by atoms with Crippen LogP contribution in [0.2, 0.25) is 0 Å². The number of ether oxygens (including phenoxy) is 2. The number of carbonyl (C=O) groups excluding carboxylic acids is 2. The van der Waals surface area contributed by atoms with E-state index >= 15 is 0 Å². The zero-order valence-electron chi connectivity index (χ0n) is 15.9. The fourth-order valence-electron chi connectivity index (χ4n) is 2.97. The number of esters is 2. The average molecular weight is 328 g/mol. The number of hydrogen-bond acceptors (Lipinski definition) is 4. The van der Waals surface area contributed by atoms with Crippen LogP contribution in [0.4, 0.5) is 0 Å². The quantitative estimate of drug-likeness (QED) is 0.295. The van der Waals surface area contributed by atoms with Crippen molar-refractivity contribution in [2.45, 2.75) is 79.1 Å². The Morgan fingerprint density at radius 1 is 0.739 bits per heavy atom. The third-order valence-electron chi connectivity index (χ3n) is 4.42. The lowest BCUT2D eigenvalue weighted by molar-refractivity contribution is -0.170. The van der Waals surface area contributed by atoms with Gasteiger partial charge in [-0.25, -0.2) is 0 Å². The maximum atomic E-state index is 12.4. The van der Waals surface area contributed by atoms with E-state index in [2.05, 4.69) is 27.7 Å². The highest BCUT2D eigenvalue weighted by Gasteiger charge is 2.47. The van der Waals surface area contributed by atoms with Gasteiger partial charge in [0.25, 0.3) is 0 Å². The van der Waals surface area contributed by atoms with Gasteiger partial charge in [-0.15, -0.1) is 0 Å². The second-order valence-corrected chi connectivity index (χ2v) is 7.34.